The van der Waals surface area contributed by atoms with Crippen LogP contribution in [0.3, 0.4) is 0 Å². The molecule has 0 aliphatic rings. The Labute approximate surface area is 111 Å². The monoisotopic (exact) mass is 270 g/mol. The molecule has 18 heavy (non-hydrogen) atoms. The smallest absolute Gasteiger partial charge is 0.328 e. The highest BCUT2D eigenvalue weighted by Gasteiger charge is 2.14. The SMILES string of the molecule is CCOC(=O)C(C)Nc1cc(NC)nc(SC)n1. The molecule has 0 aromatic carbocycles. The number of hydrogen-bond donors (Lipinski definition) is 2. The minimum atomic E-state index is -0.445. The quantitative estimate of drug-likeness (QED) is 0.462. The summed E-state index contributed by atoms with van der Waals surface area (Å²) < 4.78 is 4.92. The number of rotatable bonds is 6. The van der Waals surface area contributed by atoms with Gasteiger partial charge in [0.15, 0.2) is 5.16 Å². The van der Waals surface area contributed by atoms with Crippen molar-refractivity contribution in [1.29, 1.82) is 0 Å². The van der Waals surface area contributed by atoms with Crippen LogP contribution in [-0.2, 0) is 9.53 Å². The topological polar surface area (TPSA) is 76.1 Å². The summed E-state index contributed by atoms with van der Waals surface area (Å²) in [6.45, 7) is 3.88. The number of nitrogens with zero attached hydrogens (tertiary/aromatic N) is 2. The summed E-state index contributed by atoms with van der Waals surface area (Å²) in [6, 6.07) is 1.30. The van der Waals surface area contributed by atoms with Gasteiger partial charge in [-0.25, -0.2) is 14.8 Å². The molecule has 0 saturated heterocycles. The number of nitrogens with one attached hydrogen (secondary N) is 2. The molecule has 0 saturated carbocycles. The molecule has 0 bridgehead atoms. The van der Waals surface area contributed by atoms with Crippen molar-refractivity contribution < 1.29 is 9.53 Å². The predicted molar refractivity (Wildman–Crippen MR) is 73.1 cm³/mol. The van der Waals surface area contributed by atoms with E-state index in [9.17, 15) is 4.79 Å². The average Bonchev–Trinajstić information content (AvgIpc) is 2.38. The molecule has 2 N–H and O–H groups in total. The second-order valence-corrected chi connectivity index (χ2v) is 4.27. The van der Waals surface area contributed by atoms with Gasteiger partial charge in [-0.05, 0) is 20.1 Å². The molecule has 6 nitrogen and oxygen atoms in total. The summed E-state index contributed by atoms with van der Waals surface area (Å²) >= 11 is 1.44. The van der Waals surface area contributed by atoms with E-state index in [0.29, 0.717) is 23.4 Å². The molecule has 0 aliphatic heterocycles. The number of anilines is 2. The summed E-state index contributed by atoms with van der Waals surface area (Å²) in [4.78, 5) is 20.0. The van der Waals surface area contributed by atoms with Gasteiger partial charge in [0.25, 0.3) is 0 Å². The van der Waals surface area contributed by atoms with E-state index in [4.69, 9.17) is 4.74 Å². The molecule has 1 atom stereocenters. The van der Waals surface area contributed by atoms with Gasteiger partial charge in [-0.15, -0.1) is 0 Å². The molecule has 1 aromatic rings. The minimum Gasteiger partial charge on any atom is -0.464 e. The number of hydrogen-bond acceptors (Lipinski definition) is 7. The van der Waals surface area contributed by atoms with Crippen molar-refractivity contribution in [3.8, 4) is 0 Å². The molecule has 1 aromatic heterocycles. The molecular formula is C11H18N4O2S. The van der Waals surface area contributed by atoms with E-state index in [1.807, 2.05) is 6.26 Å². The molecule has 1 unspecified atom stereocenters. The third-order valence-corrected chi connectivity index (χ3v) is 2.70. The Morgan fingerprint density at radius 3 is 2.72 bits per heavy atom. The van der Waals surface area contributed by atoms with Gasteiger partial charge in [-0.2, -0.15) is 0 Å². The number of esters is 1. The first kappa shape index (κ1) is 14.6. The van der Waals surface area contributed by atoms with Crippen molar-refractivity contribution in [2.24, 2.45) is 0 Å². The summed E-state index contributed by atoms with van der Waals surface area (Å²) in [7, 11) is 1.78. The Kier molecular flexibility index (Phi) is 5.70. The molecule has 1 heterocycles. The zero-order valence-electron chi connectivity index (χ0n) is 11.0. The van der Waals surface area contributed by atoms with Crippen molar-refractivity contribution in [3.05, 3.63) is 6.07 Å². The number of carbonyl (C=O) groups excluding carboxylic acids is 1. The number of thioether (sulfide) groups is 1. The first-order valence-electron chi connectivity index (χ1n) is 5.64. The lowest BCUT2D eigenvalue weighted by Gasteiger charge is -2.14. The number of ether oxygens (including phenoxy) is 1. The van der Waals surface area contributed by atoms with Gasteiger partial charge in [0.05, 0.1) is 6.61 Å². The molecule has 0 amide bonds. The number of carbonyl (C=O) groups is 1. The Morgan fingerprint density at radius 2 is 2.17 bits per heavy atom. The highest BCUT2D eigenvalue weighted by atomic mass is 32.2. The molecule has 0 spiro atoms. The zero-order valence-corrected chi connectivity index (χ0v) is 11.8. The normalized spacial score (nSPS) is 11.8. The summed E-state index contributed by atoms with van der Waals surface area (Å²) in [6.07, 6.45) is 1.90. The van der Waals surface area contributed by atoms with Gasteiger partial charge >= 0.3 is 5.97 Å². The molecule has 0 aliphatic carbocycles. The maximum Gasteiger partial charge on any atom is 0.328 e. The third-order valence-electron chi connectivity index (χ3n) is 2.15. The Balaban J connectivity index is 2.79. The lowest BCUT2D eigenvalue weighted by molar-refractivity contribution is -0.143. The average molecular weight is 270 g/mol. The molecule has 100 valence electrons. The Morgan fingerprint density at radius 1 is 1.50 bits per heavy atom. The fourth-order valence-corrected chi connectivity index (χ4v) is 1.65. The molecular weight excluding hydrogens is 252 g/mol. The van der Waals surface area contributed by atoms with Crippen LogP contribution in [0.25, 0.3) is 0 Å². The van der Waals surface area contributed by atoms with Crippen molar-refractivity contribution in [2.75, 3.05) is 30.5 Å². The van der Waals surface area contributed by atoms with Crippen LogP contribution >= 0.6 is 11.8 Å². The van der Waals surface area contributed by atoms with Crippen LogP contribution in [0.2, 0.25) is 0 Å². The predicted octanol–water partition coefficient (Wildman–Crippen LogP) is 1.60. The second kappa shape index (κ2) is 7.05. The van der Waals surface area contributed by atoms with E-state index in [1.54, 1.807) is 27.0 Å². The van der Waals surface area contributed by atoms with Crippen molar-refractivity contribution in [2.45, 2.75) is 25.0 Å². The van der Waals surface area contributed by atoms with Crippen LogP contribution in [0.5, 0.6) is 0 Å². The van der Waals surface area contributed by atoms with E-state index < -0.39 is 6.04 Å². The maximum absolute atomic E-state index is 11.5. The Hall–Kier alpha value is -1.50. The van der Waals surface area contributed by atoms with Crippen molar-refractivity contribution in [1.82, 2.24) is 9.97 Å². The first-order valence-corrected chi connectivity index (χ1v) is 6.87. The van der Waals surface area contributed by atoms with Crippen LogP contribution in [0.15, 0.2) is 11.2 Å². The fraction of sp³-hybridized carbons (Fsp3) is 0.545. The van der Waals surface area contributed by atoms with Gasteiger partial charge < -0.3 is 15.4 Å². The standard InChI is InChI=1S/C11H18N4O2S/c1-5-17-10(16)7(2)13-9-6-8(12-3)14-11(15-9)18-4/h6-7H,5H2,1-4H3,(H2,12,13,14,15). The highest BCUT2D eigenvalue weighted by Crippen LogP contribution is 2.17. The van der Waals surface area contributed by atoms with Gasteiger partial charge in [0.1, 0.15) is 17.7 Å². The molecule has 0 radical (unpaired) electrons. The minimum absolute atomic E-state index is 0.298. The largest absolute Gasteiger partial charge is 0.464 e. The van der Waals surface area contributed by atoms with Crippen LogP contribution in [0.1, 0.15) is 13.8 Å². The maximum atomic E-state index is 11.5. The van der Waals surface area contributed by atoms with E-state index >= 15 is 0 Å². The lowest BCUT2D eigenvalue weighted by Crippen LogP contribution is -2.28. The number of aromatic nitrogens is 2. The molecule has 1 rings (SSSR count). The lowest BCUT2D eigenvalue weighted by atomic mass is 10.3. The first-order chi connectivity index (χ1) is 8.60. The van der Waals surface area contributed by atoms with Gasteiger partial charge in [0, 0.05) is 13.1 Å². The van der Waals surface area contributed by atoms with Crippen LogP contribution < -0.4 is 10.6 Å². The molecule has 7 heteroatoms. The summed E-state index contributed by atoms with van der Waals surface area (Å²) in [5.41, 5.74) is 0. The van der Waals surface area contributed by atoms with E-state index in [1.165, 1.54) is 11.8 Å². The fourth-order valence-electron chi connectivity index (χ4n) is 1.27. The van der Waals surface area contributed by atoms with E-state index in [2.05, 4.69) is 20.6 Å². The zero-order chi connectivity index (χ0) is 13.5. The Bertz CT molecular complexity index is 392. The molecule has 0 fully saturated rings. The van der Waals surface area contributed by atoms with Crippen LogP contribution in [-0.4, -0.2) is 41.9 Å². The summed E-state index contributed by atoms with van der Waals surface area (Å²) in [5, 5.41) is 6.59. The highest BCUT2D eigenvalue weighted by molar-refractivity contribution is 7.98. The third kappa shape index (κ3) is 4.06. The van der Waals surface area contributed by atoms with Gasteiger partial charge in [-0.1, -0.05) is 11.8 Å². The van der Waals surface area contributed by atoms with Gasteiger partial charge in [-0.3, -0.25) is 0 Å². The van der Waals surface area contributed by atoms with Crippen LogP contribution in [0, 0.1) is 0 Å². The van der Waals surface area contributed by atoms with Crippen LogP contribution in [0.4, 0.5) is 11.6 Å². The second-order valence-electron chi connectivity index (χ2n) is 3.49. The van der Waals surface area contributed by atoms with E-state index in [-0.39, 0.29) is 5.97 Å². The van der Waals surface area contributed by atoms with Crippen molar-refractivity contribution >= 4 is 29.4 Å². The van der Waals surface area contributed by atoms with E-state index in [0.717, 1.165) is 0 Å². The van der Waals surface area contributed by atoms with Gasteiger partial charge in [0.2, 0.25) is 0 Å². The van der Waals surface area contributed by atoms with Crippen molar-refractivity contribution in [3.63, 3.8) is 0 Å². The summed E-state index contributed by atoms with van der Waals surface area (Å²) in [5.74, 6) is 1.000.